The Kier molecular flexibility index (Phi) is 16.1. The summed E-state index contributed by atoms with van der Waals surface area (Å²) in [4.78, 5) is 0. The number of aromatic hydroxyl groups is 1. The Labute approximate surface area is 442 Å². The highest BCUT2D eigenvalue weighted by atomic mass is 16.5. The van der Waals surface area contributed by atoms with Crippen LogP contribution in [0.5, 0.6) is 63.2 Å². The van der Waals surface area contributed by atoms with E-state index >= 15 is 0 Å². The second kappa shape index (κ2) is 23.5. The van der Waals surface area contributed by atoms with Crippen molar-refractivity contribution in [3.8, 4) is 74.5 Å². The average Bonchev–Trinajstić information content (AvgIpc) is 3.93. The van der Waals surface area contributed by atoms with Crippen molar-refractivity contribution in [3.63, 3.8) is 0 Å². The number of phenols is 1. The highest BCUT2D eigenvalue weighted by Crippen LogP contribution is 2.42. The lowest BCUT2D eigenvalue weighted by atomic mass is 9.94. The smallest absolute Gasteiger partial charge is 0.123 e. The fraction of sp³-hybridized carbons (Fsp3) is 0.267. The molecular weight excluding hydrogens is 967 g/mol. The van der Waals surface area contributed by atoms with E-state index in [1.165, 1.54) is 0 Å². The summed E-state index contributed by atoms with van der Waals surface area (Å²) in [5, 5.41) is 27.1. The van der Waals surface area contributed by atoms with E-state index in [0.717, 1.165) is 61.2 Å². The Hall–Kier alpha value is -8.92. The van der Waals surface area contributed by atoms with Crippen LogP contribution in [0, 0.1) is 0 Å². The second-order valence-electron chi connectivity index (χ2n) is 18.0. The van der Waals surface area contributed by atoms with Crippen LogP contribution in [-0.4, -0.2) is 90.7 Å². The summed E-state index contributed by atoms with van der Waals surface area (Å²) in [6.45, 7) is 0.669. The topological polar surface area (TPSA) is 168 Å². The van der Waals surface area contributed by atoms with Crippen molar-refractivity contribution in [1.82, 2.24) is 15.0 Å². The number of hydrogen-bond acceptors (Lipinski definition) is 15. The first-order valence-electron chi connectivity index (χ1n) is 24.6. The molecule has 16 nitrogen and oxygen atoms in total. The van der Waals surface area contributed by atoms with Gasteiger partial charge in [-0.1, -0.05) is 17.3 Å². The quantitative estimate of drug-likeness (QED) is 0.0909. The summed E-state index contributed by atoms with van der Waals surface area (Å²) >= 11 is 0. The highest BCUT2D eigenvalue weighted by molar-refractivity contribution is 5.62. The summed E-state index contributed by atoms with van der Waals surface area (Å²) in [7, 11) is 15.0. The Morgan fingerprint density at radius 2 is 0.671 bits per heavy atom. The maximum atomic E-state index is 9.58. The first kappa shape index (κ1) is 52.0. The lowest BCUT2D eigenvalue weighted by Gasteiger charge is -2.20. The minimum Gasteiger partial charge on any atom is -0.508 e. The number of ether oxygens (including phenoxy) is 10. The third kappa shape index (κ3) is 11.4. The minimum absolute atomic E-state index is 0.170. The van der Waals surface area contributed by atoms with Gasteiger partial charge >= 0.3 is 0 Å². The van der Waals surface area contributed by atoms with Gasteiger partial charge in [-0.05, 0) is 97.1 Å². The van der Waals surface area contributed by atoms with Gasteiger partial charge in [-0.2, -0.15) is 10.2 Å². The van der Waals surface area contributed by atoms with E-state index in [0.29, 0.717) is 113 Å². The highest BCUT2D eigenvalue weighted by Gasteiger charge is 2.23. The summed E-state index contributed by atoms with van der Waals surface area (Å²) in [5.41, 5.74) is 11.7. The molecule has 10 aliphatic carbocycles. The first-order valence-corrected chi connectivity index (χ1v) is 24.6. The number of rotatable bonds is 16. The van der Waals surface area contributed by atoms with Gasteiger partial charge in [0.15, 0.2) is 0 Å². The van der Waals surface area contributed by atoms with E-state index in [2.05, 4.69) is 20.5 Å². The number of azo groups is 1. The predicted molar refractivity (Wildman–Crippen MR) is 288 cm³/mol. The van der Waals surface area contributed by atoms with Gasteiger partial charge in [0, 0.05) is 93.3 Å². The zero-order chi connectivity index (χ0) is 53.3. The summed E-state index contributed by atoms with van der Waals surface area (Å²) in [5.74, 6) is 6.95. The van der Waals surface area contributed by atoms with Crippen LogP contribution in [0.3, 0.4) is 0 Å². The third-order valence-electron chi connectivity index (χ3n) is 13.5. The largest absolute Gasteiger partial charge is 0.508 e. The normalized spacial score (nSPS) is 12.1. The zero-order valence-corrected chi connectivity index (χ0v) is 44.2. The van der Waals surface area contributed by atoms with Crippen LogP contribution >= 0.6 is 0 Å². The van der Waals surface area contributed by atoms with Crippen molar-refractivity contribution in [2.45, 2.75) is 38.6 Å². The molecule has 0 amide bonds. The molecule has 1 aromatic heterocycles. The maximum Gasteiger partial charge on any atom is 0.123 e. The number of methoxy groups -OCH3 is 9. The third-order valence-corrected chi connectivity index (χ3v) is 13.5. The molecule has 0 fully saturated rings. The van der Waals surface area contributed by atoms with Crippen molar-refractivity contribution in [2.24, 2.45) is 10.2 Å². The summed E-state index contributed by atoms with van der Waals surface area (Å²) in [6.07, 6.45) is 4.11. The molecule has 76 heavy (non-hydrogen) atoms. The molecule has 10 aliphatic rings. The lowest BCUT2D eigenvalue weighted by Crippen LogP contribution is -2.11. The van der Waals surface area contributed by atoms with Crippen LogP contribution in [0.1, 0.15) is 55.6 Å². The Morgan fingerprint density at radius 3 is 0.974 bits per heavy atom. The molecule has 0 aliphatic heterocycles. The molecule has 10 bridgehead atoms. The maximum absolute atomic E-state index is 9.58. The number of benzene rings is 7. The van der Waals surface area contributed by atoms with E-state index in [9.17, 15) is 5.11 Å². The van der Waals surface area contributed by atoms with Crippen LogP contribution < -0.4 is 47.4 Å². The molecule has 392 valence electrons. The molecule has 18 rings (SSSR count). The molecule has 0 spiro atoms. The zero-order valence-electron chi connectivity index (χ0n) is 44.2. The molecule has 0 unspecified atom stereocenters. The molecule has 1 heterocycles. The number of phenolic OH excluding ortho intramolecular Hbond substituents is 1. The fourth-order valence-electron chi connectivity index (χ4n) is 9.60. The molecule has 0 atom stereocenters. The van der Waals surface area contributed by atoms with E-state index < -0.39 is 0 Å². The van der Waals surface area contributed by atoms with Crippen molar-refractivity contribution in [3.05, 3.63) is 171 Å². The second-order valence-corrected chi connectivity index (χ2v) is 18.0. The molecule has 0 saturated carbocycles. The molecule has 0 radical (unpaired) electrons. The molecular formula is C60H61N5O11. The lowest BCUT2D eigenvalue weighted by molar-refractivity contribution is 0.286. The van der Waals surface area contributed by atoms with Gasteiger partial charge in [-0.15, -0.1) is 5.10 Å². The molecule has 8 aromatic rings. The molecule has 7 aromatic carbocycles. The van der Waals surface area contributed by atoms with Gasteiger partial charge in [-0.3, -0.25) is 0 Å². The summed E-state index contributed by atoms with van der Waals surface area (Å²) in [6, 6.07) is 34.3. The number of nitrogens with zero attached hydrogens (tertiary/aromatic N) is 5. The predicted octanol–water partition coefficient (Wildman–Crippen LogP) is 11.5. The van der Waals surface area contributed by atoms with Gasteiger partial charge in [-0.25, -0.2) is 4.68 Å². The van der Waals surface area contributed by atoms with Gasteiger partial charge in [0.1, 0.15) is 75.5 Å². The monoisotopic (exact) mass is 1030 g/mol. The van der Waals surface area contributed by atoms with Crippen LogP contribution in [0.4, 0.5) is 11.4 Å². The minimum atomic E-state index is 0.170. The number of hydrogen-bond donors (Lipinski definition) is 1. The van der Waals surface area contributed by atoms with Crippen molar-refractivity contribution >= 4 is 11.4 Å². The van der Waals surface area contributed by atoms with Crippen molar-refractivity contribution < 1.29 is 52.5 Å². The SMILES string of the molecule is COc1cc2c(OC)cc1Cc1cc(OC)c(cc1OC)Cc1cc(OC)c(cc1OC)Cc1cc(OC)c(cc1OCCn1cc(-c3ccc(N=Nc4ccc(O)cc4)cc3)nn1)Cc1cc(OC)c(cc1OC)C2. The van der Waals surface area contributed by atoms with Crippen LogP contribution in [-0.2, 0) is 38.6 Å². The molecule has 0 saturated heterocycles. The average molecular weight is 1030 g/mol. The van der Waals surface area contributed by atoms with Crippen LogP contribution in [0.25, 0.3) is 11.3 Å². The van der Waals surface area contributed by atoms with Gasteiger partial charge < -0.3 is 52.5 Å². The van der Waals surface area contributed by atoms with E-state index in [1.807, 2.05) is 91.1 Å². The van der Waals surface area contributed by atoms with Crippen LogP contribution in [0.15, 0.2) is 126 Å². The Bertz CT molecular complexity index is 3370. The van der Waals surface area contributed by atoms with Gasteiger partial charge in [0.05, 0.1) is 88.1 Å². The fourth-order valence-corrected chi connectivity index (χ4v) is 9.60. The van der Waals surface area contributed by atoms with E-state index in [-0.39, 0.29) is 12.4 Å². The Morgan fingerprint density at radius 1 is 0.395 bits per heavy atom. The first-order chi connectivity index (χ1) is 37.1. The van der Waals surface area contributed by atoms with Crippen molar-refractivity contribution in [1.29, 1.82) is 0 Å². The van der Waals surface area contributed by atoms with Gasteiger partial charge in [0.2, 0.25) is 0 Å². The summed E-state index contributed by atoms with van der Waals surface area (Å²) < 4.78 is 63.3. The van der Waals surface area contributed by atoms with Crippen molar-refractivity contribution in [2.75, 3.05) is 70.6 Å². The van der Waals surface area contributed by atoms with Crippen LogP contribution in [0.2, 0.25) is 0 Å². The number of aromatic nitrogens is 3. The van der Waals surface area contributed by atoms with Gasteiger partial charge in [0.25, 0.3) is 0 Å². The standard InChI is InChI=1S/C60H61N5O11/c1-67-51-27-39-21-41-29-56(72-6)43(31-55(41)71-5)23-45-34-60(76-19-18-65-35-50(63-64-65)36-10-12-47(13-11-36)61-62-48-14-16-49(66)17-15-48)46(33-59(45)75-9)24-44-32-57(73-7)42(30-58(44)74-8)22-40-28-53(69-3)38(26-54(40)70-4)20-37(51)25-52(39)68-2/h10-17,25-35,66H,18-24H2,1-9H3. The van der Waals surface area contributed by atoms with E-state index in [1.54, 1.807) is 92.9 Å². The Balaban J connectivity index is 1.10. The van der Waals surface area contributed by atoms with E-state index in [4.69, 9.17) is 47.4 Å². The molecule has 1 N–H and O–H groups in total. The molecule has 16 heteroatoms.